The van der Waals surface area contributed by atoms with E-state index in [-0.39, 0.29) is 32.7 Å². The Morgan fingerprint density at radius 1 is 0.739 bits per heavy atom. The summed E-state index contributed by atoms with van der Waals surface area (Å²) in [5, 5.41) is 0. The monoisotopic (exact) mass is 330 g/mol. The van der Waals surface area contributed by atoms with Gasteiger partial charge >= 0.3 is 17.9 Å². The Hall–Kier alpha value is -1.59. The molecule has 134 valence electrons. The fourth-order valence-electron chi connectivity index (χ4n) is 2.38. The minimum atomic E-state index is -1.42. The molecule has 0 bridgehead atoms. The number of rotatable bonds is 12. The first-order chi connectivity index (χ1) is 11.0. The van der Waals surface area contributed by atoms with E-state index in [9.17, 15) is 14.4 Å². The van der Waals surface area contributed by atoms with Crippen molar-refractivity contribution in [2.45, 2.75) is 66.2 Å². The summed E-state index contributed by atoms with van der Waals surface area (Å²) in [6, 6.07) is 0. The first-order valence-electron chi connectivity index (χ1n) is 8.48. The maximum absolute atomic E-state index is 12.5. The van der Waals surface area contributed by atoms with Gasteiger partial charge in [0.05, 0.1) is 19.8 Å². The molecule has 23 heavy (non-hydrogen) atoms. The first-order valence-corrected chi connectivity index (χ1v) is 8.48. The molecule has 0 aliphatic rings. The minimum Gasteiger partial charge on any atom is -0.466 e. The lowest BCUT2D eigenvalue weighted by Crippen LogP contribution is -2.42. The maximum atomic E-state index is 12.5. The van der Waals surface area contributed by atoms with E-state index in [0.717, 1.165) is 12.8 Å². The van der Waals surface area contributed by atoms with Gasteiger partial charge in [-0.25, -0.2) is 0 Å². The summed E-state index contributed by atoms with van der Waals surface area (Å²) in [5.41, 5.74) is -1.42. The molecule has 6 nitrogen and oxygen atoms in total. The molecule has 0 atom stereocenters. The predicted octanol–water partition coefficient (Wildman–Crippen LogP) is 3.02. The van der Waals surface area contributed by atoms with Crippen LogP contribution in [0.3, 0.4) is 0 Å². The van der Waals surface area contributed by atoms with Gasteiger partial charge in [-0.1, -0.05) is 26.2 Å². The van der Waals surface area contributed by atoms with Crippen LogP contribution in [0.15, 0.2) is 0 Å². The van der Waals surface area contributed by atoms with Crippen LogP contribution in [0.25, 0.3) is 0 Å². The number of esters is 3. The van der Waals surface area contributed by atoms with Gasteiger partial charge < -0.3 is 14.2 Å². The number of unbranched alkanes of at least 4 members (excludes halogenated alkanes) is 2. The summed E-state index contributed by atoms with van der Waals surface area (Å²) in [4.78, 5) is 36.6. The summed E-state index contributed by atoms with van der Waals surface area (Å²) in [5.74, 6) is -1.65. The Labute approximate surface area is 138 Å². The second-order valence-corrected chi connectivity index (χ2v) is 5.29. The van der Waals surface area contributed by atoms with Gasteiger partial charge in [-0.15, -0.1) is 0 Å². The average molecular weight is 330 g/mol. The normalized spacial score (nSPS) is 11.0. The van der Waals surface area contributed by atoms with Gasteiger partial charge in [0.1, 0.15) is 0 Å². The van der Waals surface area contributed by atoms with Crippen molar-refractivity contribution in [1.82, 2.24) is 0 Å². The van der Waals surface area contributed by atoms with E-state index in [0.29, 0.717) is 12.8 Å². The van der Waals surface area contributed by atoms with Crippen molar-refractivity contribution in [1.29, 1.82) is 0 Å². The molecule has 0 rings (SSSR count). The lowest BCUT2D eigenvalue weighted by molar-refractivity contribution is -0.174. The quantitative estimate of drug-likeness (QED) is 0.237. The maximum Gasteiger partial charge on any atom is 0.323 e. The van der Waals surface area contributed by atoms with Crippen LogP contribution in [-0.4, -0.2) is 37.7 Å². The standard InChI is InChI=1S/C17H30O6/c1-5-9-10-12-17(15(19)22-7-3,16(20)23-8-4)13-11-14(18)21-6-2/h5-13H2,1-4H3. The molecule has 0 saturated carbocycles. The highest BCUT2D eigenvalue weighted by Gasteiger charge is 2.48. The molecule has 0 spiro atoms. The van der Waals surface area contributed by atoms with Crippen molar-refractivity contribution in [3.05, 3.63) is 0 Å². The van der Waals surface area contributed by atoms with Crippen LogP contribution in [0.4, 0.5) is 0 Å². The van der Waals surface area contributed by atoms with Crippen LogP contribution in [0, 0.1) is 5.41 Å². The summed E-state index contributed by atoms with van der Waals surface area (Å²) in [7, 11) is 0. The Bertz CT molecular complexity index is 359. The number of carbonyl (C=O) groups is 3. The van der Waals surface area contributed by atoms with Crippen LogP contribution in [-0.2, 0) is 28.6 Å². The Balaban J connectivity index is 5.30. The molecule has 0 radical (unpaired) electrons. The molecule has 0 aromatic rings. The van der Waals surface area contributed by atoms with Crippen molar-refractivity contribution in [3.63, 3.8) is 0 Å². The number of carbonyl (C=O) groups excluding carboxylic acids is 3. The van der Waals surface area contributed by atoms with Gasteiger partial charge in [-0.3, -0.25) is 14.4 Å². The average Bonchev–Trinajstić information content (AvgIpc) is 2.51. The molecule has 0 saturated heterocycles. The SMILES string of the molecule is CCCCCC(CCC(=O)OCC)(C(=O)OCC)C(=O)OCC. The van der Waals surface area contributed by atoms with Gasteiger partial charge in [-0.2, -0.15) is 0 Å². The van der Waals surface area contributed by atoms with E-state index in [1.165, 1.54) is 0 Å². The first kappa shape index (κ1) is 21.4. The Morgan fingerprint density at radius 2 is 1.26 bits per heavy atom. The highest BCUT2D eigenvalue weighted by Crippen LogP contribution is 2.34. The third-order valence-electron chi connectivity index (χ3n) is 3.60. The number of hydrogen-bond donors (Lipinski definition) is 0. The number of ether oxygens (including phenoxy) is 3. The van der Waals surface area contributed by atoms with Crippen molar-refractivity contribution in [2.24, 2.45) is 5.41 Å². The predicted molar refractivity (Wildman–Crippen MR) is 85.7 cm³/mol. The molecule has 0 aliphatic carbocycles. The van der Waals surface area contributed by atoms with Crippen molar-refractivity contribution >= 4 is 17.9 Å². The van der Waals surface area contributed by atoms with Crippen molar-refractivity contribution < 1.29 is 28.6 Å². The van der Waals surface area contributed by atoms with Crippen molar-refractivity contribution in [3.8, 4) is 0 Å². The largest absolute Gasteiger partial charge is 0.466 e. The van der Waals surface area contributed by atoms with Crippen LogP contribution in [0.5, 0.6) is 0 Å². The molecule has 6 heteroatoms. The topological polar surface area (TPSA) is 78.9 Å². The molecule has 0 fully saturated rings. The zero-order chi connectivity index (χ0) is 17.7. The second kappa shape index (κ2) is 11.9. The van der Waals surface area contributed by atoms with Gasteiger partial charge in [0, 0.05) is 6.42 Å². The summed E-state index contributed by atoms with van der Waals surface area (Å²) >= 11 is 0. The van der Waals surface area contributed by atoms with Crippen molar-refractivity contribution in [2.75, 3.05) is 19.8 Å². The van der Waals surface area contributed by atoms with E-state index in [2.05, 4.69) is 0 Å². The van der Waals surface area contributed by atoms with Crippen LogP contribution >= 0.6 is 0 Å². The van der Waals surface area contributed by atoms with E-state index in [1.54, 1.807) is 20.8 Å². The molecule has 0 unspecified atom stereocenters. The molecule has 0 N–H and O–H groups in total. The number of hydrogen-bond acceptors (Lipinski definition) is 6. The fraction of sp³-hybridized carbons (Fsp3) is 0.824. The highest BCUT2D eigenvalue weighted by molar-refractivity contribution is 6.00. The molecule has 0 aromatic carbocycles. The molecule has 0 heterocycles. The highest BCUT2D eigenvalue weighted by atomic mass is 16.6. The zero-order valence-corrected chi connectivity index (χ0v) is 14.8. The molecular formula is C17H30O6. The minimum absolute atomic E-state index is 0.0163. The van der Waals surface area contributed by atoms with E-state index < -0.39 is 23.3 Å². The summed E-state index contributed by atoms with van der Waals surface area (Å²) < 4.78 is 15.1. The third-order valence-corrected chi connectivity index (χ3v) is 3.60. The van der Waals surface area contributed by atoms with Gasteiger partial charge in [0.15, 0.2) is 5.41 Å². The lowest BCUT2D eigenvalue weighted by atomic mass is 9.78. The molecule has 0 aliphatic heterocycles. The van der Waals surface area contributed by atoms with Crippen LogP contribution in [0.1, 0.15) is 66.2 Å². The smallest absolute Gasteiger partial charge is 0.323 e. The van der Waals surface area contributed by atoms with E-state index in [1.807, 2.05) is 6.92 Å². The van der Waals surface area contributed by atoms with E-state index in [4.69, 9.17) is 14.2 Å². The summed E-state index contributed by atoms with van der Waals surface area (Å²) in [6.45, 7) is 7.73. The van der Waals surface area contributed by atoms with Crippen LogP contribution < -0.4 is 0 Å². The summed E-state index contributed by atoms with van der Waals surface area (Å²) in [6.07, 6.45) is 2.89. The Kier molecular flexibility index (Phi) is 11.1. The lowest BCUT2D eigenvalue weighted by Gasteiger charge is -2.29. The fourth-order valence-corrected chi connectivity index (χ4v) is 2.38. The second-order valence-electron chi connectivity index (χ2n) is 5.29. The van der Waals surface area contributed by atoms with Gasteiger partial charge in [0.2, 0.25) is 0 Å². The molecule has 0 amide bonds. The third kappa shape index (κ3) is 7.01. The Morgan fingerprint density at radius 3 is 1.70 bits per heavy atom. The molecule has 0 aromatic heterocycles. The molecular weight excluding hydrogens is 300 g/mol. The van der Waals surface area contributed by atoms with Gasteiger partial charge in [0.25, 0.3) is 0 Å². The van der Waals surface area contributed by atoms with Gasteiger partial charge in [-0.05, 0) is 33.6 Å². The zero-order valence-electron chi connectivity index (χ0n) is 14.8. The van der Waals surface area contributed by atoms with E-state index >= 15 is 0 Å². The van der Waals surface area contributed by atoms with Crippen LogP contribution in [0.2, 0.25) is 0 Å².